The lowest BCUT2D eigenvalue weighted by Gasteiger charge is -2.17. The van der Waals surface area contributed by atoms with Gasteiger partial charge in [0.25, 0.3) is 0 Å². The lowest BCUT2D eigenvalue weighted by molar-refractivity contribution is -0.121. The Morgan fingerprint density at radius 2 is 1.87 bits per heavy atom. The molecule has 0 bridgehead atoms. The molecule has 0 aliphatic heterocycles. The molecule has 174 valence electrons. The molecule has 0 unspecified atom stereocenters. The number of aryl methyl sites for hydroxylation is 2. The van der Waals surface area contributed by atoms with Crippen molar-refractivity contribution >= 4 is 27.0 Å². The van der Waals surface area contributed by atoms with Gasteiger partial charge in [0.2, 0.25) is 15.9 Å². The maximum absolute atomic E-state index is 12.5. The average Bonchev–Trinajstić information content (AvgIpc) is 3.10. The summed E-state index contributed by atoms with van der Waals surface area (Å²) in [5.74, 6) is 0.832. The normalized spacial score (nSPS) is 12.2. The highest BCUT2D eigenvalue weighted by atomic mass is 32.2. The number of aromatic nitrogens is 2. The molecule has 1 amide bonds. The fraction of sp³-hybridized carbons (Fsp3) is 0.636. The summed E-state index contributed by atoms with van der Waals surface area (Å²) in [5, 5.41) is 2.99. The quantitative estimate of drug-likeness (QED) is 0.506. The van der Waals surface area contributed by atoms with E-state index in [1.165, 1.54) is 18.4 Å². The van der Waals surface area contributed by atoms with Gasteiger partial charge in [0.05, 0.1) is 15.9 Å². The monoisotopic (exact) mass is 451 g/mol. The summed E-state index contributed by atoms with van der Waals surface area (Å²) in [5.41, 5.74) is 1.55. The molecular formula is C22H37N5O3S. The molecule has 2 rings (SSSR count). The van der Waals surface area contributed by atoms with Crippen molar-refractivity contribution in [3.8, 4) is 0 Å². The summed E-state index contributed by atoms with van der Waals surface area (Å²) in [6.07, 6.45) is 2.91. The van der Waals surface area contributed by atoms with Gasteiger partial charge in [0.1, 0.15) is 5.82 Å². The molecule has 0 radical (unpaired) electrons. The van der Waals surface area contributed by atoms with E-state index >= 15 is 0 Å². The predicted octanol–water partition coefficient (Wildman–Crippen LogP) is 2.48. The number of amides is 1. The number of unbranched alkanes of at least 4 members (excludes halogenated alkanes) is 1. The SMILES string of the molecule is CCCCn1c(CCC(=O)NCCN(CC)CC)nc2cc(S(=O)(=O)N(C)C)ccc21. The van der Waals surface area contributed by atoms with Crippen LogP contribution in [0, 0.1) is 0 Å². The van der Waals surface area contributed by atoms with Gasteiger partial charge in [-0.2, -0.15) is 0 Å². The summed E-state index contributed by atoms with van der Waals surface area (Å²) >= 11 is 0. The predicted molar refractivity (Wildman–Crippen MR) is 125 cm³/mol. The fourth-order valence-electron chi connectivity index (χ4n) is 3.49. The average molecular weight is 452 g/mol. The third kappa shape index (κ3) is 6.51. The van der Waals surface area contributed by atoms with E-state index in [1.807, 2.05) is 6.07 Å². The zero-order chi connectivity index (χ0) is 23.0. The van der Waals surface area contributed by atoms with E-state index in [0.29, 0.717) is 24.9 Å². The van der Waals surface area contributed by atoms with E-state index in [2.05, 4.69) is 35.6 Å². The first-order chi connectivity index (χ1) is 14.7. The molecule has 1 aromatic carbocycles. The molecular weight excluding hydrogens is 414 g/mol. The number of hydrogen-bond acceptors (Lipinski definition) is 5. The molecule has 0 atom stereocenters. The van der Waals surface area contributed by atoms with Crippen LogP contribution in [0.4, 0.5) is 0 Å². The molecule has 0 saturated heterocycles. The highest BCUT2D eigenvalue weighted by Gasteiger charge is 2.20. The van der Waals surface area contributed by atoms with Crippen molar-refractivity contribution in [2.45, 2.75) is 57.9 Å². The minimum Gasteiger partial charge on any atom is -0.355 e. The fourth-order valence-corrected chi connectivity index (χ4v) is 4.42. The Kier molecular flexibility index (Phi) is 9.46. The Morgan fingerprint density at radius 3 is 2.48 bits per heavy atom. The second-order valence-corrected chi connectivity index (χ2v) is 10.00. The summed E-state index contributed by atoms with van der Waals surface area (Å²) in [6.45, 7) is 10.6. The topological polar surface area (TPSA) is 87.5 Å². The van der Waals surface area contributed by atoms with E-state index in [0.717, 1.165) is 50.4 Å². The van der Waals surface area contributed by atoms with Crippen molar-refractivity contribution in [2.75, 3.05) is 40.3 Å². The smallest absolute Gasteiger partial charge is 0.242 e. The van der Waals surface area contributed by atoms with E-state index < -0.39 is 10.0 Å². The molecule has 1 aromatic heterocycles. The van der Waals surface area contributed by atoms with Crippen LogP contribution in [0.5, 0.6) is 0 Å². The van der Waals surface area contributed by atoms with Gasteiger partial charge in [-0.15, -0.1) is 0 Å². The third-order valence-electron chi connectivity index (χ3n) is 5.53. The molecule has 0 fully saturated rings. The van der Waals surface area contributed by atoms with Gasteiger partial charge in [0.15, 0.2) is 0 Å². The van der Waals surface area contributed by atoms with Gasteiger partial charge in [-0.1, -0.05) is 27.2 Å². The standard InChI is InChI=1S/C22H37N5O3S/c1-6-9-15-27-20-11-10-18(31(29,30)25(4)5)17-19(20)24-21(27)12-13-22(28)23-14-16-26(7-2)8-3/h10-11,17H,6-9,12-16H2,1-5H3,(H,23,28). The highest BCUT2D eigenvalue weighted by molar-refractivity contribution is 7.89. The van der Waals surface area contributed by atoms with Crippen molar-refractivity contribution in [1.82, 2.24) is 24.1 Å². The van der Waals surface area contributed by atoms with Gasteiger partial charge in [-0.25, -0.2) is 17.7 Å². The Morgan fingerprint density at radius 1 is 1.16 bits per heavy atom. The van der Waals surface area contributed by atoms with Crippen molar-refractivity contribution in [2.24, 2.45) is 0 Å². The lowest BCUT2D eigenvalue weighted by atomic mass is 10.2. The van der Waals surface area contributed by atoms with Gasteiger partial charge < -0.3 is 14.8 Å². The molecule has 0 spiro atoms. The maximum atomic E-state index is 12.5. The summed E-state index contributed by atoms with van der Waals surface area (Å²) in [7, 11) is -0.485. The number of fused-ring (bicyclic) bond motifs is 1. The van der Waals surface area contributed by atoms with Crippen LogP contribution < -0.4 is 5.32 Å². The van der Waals surface area contributed by atoms with Gasteiger partial charge in [-0.05, 0) is 37.7 Å². The third-order valence-corrected chi connectivity index (χ3v) is 7.34. The number of hydrogen-bond donors (Lipinski definition) is 1. The number of nitrogens with one attached hydrogen (secondary N) is 1. The largest absolute Gasteiger partial charge is 0.355 e. The second kappa shape index (κ2) is 11.6. The second-order valence-electron chi connectivity index (χ2n) is 7.85. The first kappa shape index (κ1) is 25.3. The van der Waals surface area contributed by atoms with Crippen molar-refractivity contribution in [1.29, 1.82) is 0 Å². The molecule has 31 heavy (non-hydrogen) atoms. The van der Waals surface area contributed by atoms with Gasteiger partial charge in [-0.3, -0.25) is 4.79 Å². The van der Waals surface area contributed by atoms with Crippen LogP contribution in [-0.2, 0) is 27.8 Å². The van der Waals surface area contributed by atoms with Crippen LogP contribution in [0.25, 0.3) is 11.0 Å². The molecule has 0 aliphatic rings. The first-order valence-corrected chi connectivity index (χ1v) is 12.6. The minimum atomic E-state index is -3.52. The maximum Gasteiger partial charge on any atom is 0.242 e. The number of rotatable bonds is 13. The zero-order valence-corrected chi connectivity index (χ0v) is 20.3. The Hall–Kier alpha value is -1.97. The van der Waals surface area contributed by atoms with Crippen LogP contribution in [0.3, 0.4) is 0 Å². The number of nitrogens with zero attached hydrogens (tertiary/aromatic N) is 4. The number of imidazole rings is 1. The van der Waals surface area contributed by atoms with Crippen LogP contribution in [0.2, 0.25) is 0 Å². The van der Waals surface area contributed by atoms with Gasteiger partial charge >= 0.3 is 0 Å². The van der Waals surface area contributed by atoms with Crippen molar-refractivity contribution in [3.63, 3.8) is 0 Å². The summed E-state index contributed by atoms with van der Waals surface area (Å²) in [6, 6.07) is 5.08. The summed E-state index contributed by atoms with van der Waals surface area (Å²) in [4.78, 5) is 19.5. The lowest BCUT2D eigenvalue weighted by Crippen LogP contribution is -2.34. The van der Waals surface area contributed by atoms with E-state index in [-0.39, 0.29) is 10.8 Å². The number of carbonyl (C=O) groups excluding carboxylic acids is 1. The van der Waals surface area contributed by atoms with E-state index in [4.69, 9.17) is 4.98 Å². The van der Waals surface area contributed by atoms with E-state index in [1.54, 1.807) is 12.1 Å². The highest BCUT2D eigenvalue weighted by Crippen LogP contribution is 2.23. The number of sulfonamides is 1. The molecule has 1 N–H and O–H groups in total. The number of likely N-dealkylation sites (N-methyl/N-ethyl adjacent to an activating group) is 1. The Bertz CT molecular complexity index is 965. The van der Waals surface area contributed by atoms with E-state index in [9.17, 15) is 13.2 Å². The number of benzene rings is 1. The molecule has 2 aromatic rings. The Labute approximate surface area is 186 Å². The molecule has 8 nitrogen and oxygen atoms in total. The van der Waals surface area contributed by atoms with Crippen LogP contribution >= 0.6 is 0 Å². The summed E-state index contributed by atoms with van der Waals surface area (Å²) < 4.78 is 28.3. The van der Waals surface area contributed by atoms with Crippen molar-refractivity contribution in [3.05, 3.63) is 24.0 Å². The van der Waals surface area contributed by atoms with Crippen LogP contribution in [-0.4, -0.2) is 73.4 Å². The first-order valence-electron chi connectivity index (χ1n) is 11.1. The van der Waals surface area contributed by atoms with Crippen LogP contribution in [0.15, 0.2) is 23.1 Å². The molecule has 1 heterocycles. The Balaban J connectivity index is 2.16. The molecule has 0 saturated carbocycles. The van der Waals surface area contributed by atoms with Crippen LogP contribution in [0.1, 0.15) is 45.9 Å². The molecule has 9 heteroatoms. The zero-order valence-electron chi connectivity index (χ0n) is 19.5. The number of carbonyl (C=O) groups is 1. The van der Waals surface area contributed by atoms with Gasteiger partial charge in [0, 0.05) is 46.6 Å². The van der Waals surface area contributed by atoms with Crippen molar-refractivity contribution < 1.29 is 13.2 Å². The molecule has 0 aliphatic carbocycles. The minimum absolute atomic E-state index is 0.0112.